The van der Waals surface area contributed by atoms with Gasteiger partial charge in [0.05, 0.1) is 17.0 Å². The summed E-state index contributed by atoms with van der Waals surface area (Å²) in [7, 11) is 0. The summed E-state index contributed by atoms with van der Waals surface area (Å²) in [5, 5.41) is 24.0. The topological polar surface area (TPSA) is 80.9 Å². The molecule has 1 saturated carbocycles. The first-order valence-corrected chi connectivity index (χ1v) is 8.69. The second-order valence-corrected chi connectivity index (χ2v) is 7.08. The number of nitrogens with one attached hydrogen (secondary N) is 1. The maximum Gasteiger partial charge on any atom is 0.101 e. The summed E-state index contributed by atoms with van der Waals surface area (Å²) >= 11 is 0. The van der Waals surface area contributed by atoms with Crippen LogP contribution in [0.4, 0.5) is 0 Å². The average Bonchev–Trinajstić information content (AvgIpc) is 3.29. The molecule has 1 aliphatic carbocycles. The summed E-state index contributed by atoms with van der Waals surface area (Å²) < 4.78 is 2.06. The molecule has 0 spiro atoms. The van der Waals surface area contributed by atoms with Crippen LogP contribution in [0.25, 0.3) is 0 Å². The number of rotatable bonds is 4. The summed E-state index contributed by atoms with van der Waals surface area (Å²) in [6, 6.07) is 6.24. The van der Waals surface area contributed by atoms with Crippen LogP contribution in [0.1, 0.15) is 53.7 Å². The van der Waals surface area contributed by atoms with Gasteiger partial charge in [0.25, 0.3) is 0 Å². The van der Waals surface area contributed by atoms with Crippen LogP contribution in [-0.4, -0.2) is 31.3 Å². The molecule has 24 heavy (non-hydrogen) atoms. The normalized spacial score (nSPS) is 19.5. The van der Waals surface area contributed by atoms with Gasteiger partial charge in [-0.1, -0.05) is 0 Å². The van der Waals surface area contributed by atoms with E-state index >= 15 is 0 Å². The lowest BCUT2D eigenvalue weighted by Gasteiger charge is -2.18. The largest absolute Gasteiger partial charge is 0.386 e. The van der Waals surface area contributed by atoms with E-state index in [0.717, 1.165) is 68.1 Å². The standard InChI is InChI=1S/C18H23N5O/c1-12-14(9-19)7-15(20-12)10-22-5-2-6-23-16(11-22)8-17(21-23)18(24)13-3-4-13/h7-8,13,18,20,24H,2-6,10-11H2,1H3/t18-/m1/s1. The molecule has 1 aliphatic heterocycles. The molecule has 2 aliphatic rings. The number of H-pyrrole nitrogens is 1. The predicted molar refractivity (Wildman–Crippen MR) is 88.9 cm³/mol. The van der Waals surface area contributed by atoms with Crippen LogP contribution in [0.5, 0.6) is 0 Å². The smallest absolute Gasteiger partial charge is 0.101 e. The predicted octanol–water partition coefficient (Wildman–Crippen LogP) is 2.24. The van der Waals surface area contributed by atoms with E-state index in [2.05, 4.69) is 31.8 Å². The molecule has 1 fully saturated rings. The van der Waals surface area contributed by atoms with E-state index in [1.54, 1.807) is 0 Å². The molecule has 0 bridgehead atoms. The highest BCUT2D eigenvalue weighted by atomic mass is 16.3. The van der Waals surface area contributed by atoms with Crippen molar-refractivity contribution in [3.8, 4) is 6.07 Å². The third kappa shape index (κ3) is 2.97. The number of aliphatic hydroxyl groups excluding tert-OH is 1. The molecular weight excluding hydrogens is 302 g/mol. The Morgan fingerprint density at radius 1 is 1.42 bits per heavy atom. The second kappa shape index (κ2) is 6.08. The molecule has 1 atom stereocenters. The highest BCUT2D eigenvalue weighted by molar-refractivity contribution is 5.35. The van der Waals surface area contributed by atoms with E-state index in [0.29, 0.717) is 5.92 Å². The first-order chi connectivity index (χ1) is 11.6. The highest BCUT2D eigenvalue weighted by Gasteiger charge is 2.33. The summed E-state index contributed by atoms with van der Waals surface area (Å²) in [5.74, 6) is 0.409. The molecule has 4 rings (SSSR count). The molecule has 3 heterocycles. The van der Waals surface area contributed by atoms with Crippen LogP contribution in [0.3, 0.4) is 0 Å². The Balaban J connectivity index is 1.49. The van der Waals surface area contributed by atoms with Crippen molar-refractivity contribution in [2.24, 2.45) is 5.92 Å². The number of nitrogens with zero attached hydrogens (tertiary/aromatic N) is 4. The van der Waals surface area contributed by atoms with E-state index in [9.17, 15) is 5.11 Å². The molecule has 6 heteroatoms. The minimum atomic E-state index is -0.401. The Hall–Kier alpha value is -2.10. The molecule has 2 aromatic rings. The number of nitriles is 1. The van der Waals surface area contributed by atoms with Crippen LogP contribution < -0.4 is 0 Å². The summed E-state index contributed by atoms with van der Waals surface area (Å²) in [4.78, 5) is 5.68. The van der Waals surface area contributed by atoms with Gasteiger partial charge in [-0.05, 0) is 44.2 Å². The summed E-state index contributed by atoms with van der Waals surface area (Å²) in [6.07, 6.45) is 2.87. The van der Waals surface area contributed by atoms with Crippen LogP contribution in [0, 0.1) is 24.2 Å². The minimum Gasteiger partial charge on any atom is -0.386 e. The number of aromatic amines is 1. The molecule has 6 nitrogen and oxygen atoms in total. The first kappa shape index (κ1) is 15.4. The monoisotopic (exact) mass is 325 g/mol. The molecule has 0 aromatic carbocycles. The Labute approximate surface area is 141 Å². The maximum atomic E-state index is 10.3. The lowest BCUT2D eigenvalue weighted by Crippen LogP contribution is -2.23. The Kier molecular flexibility index (Phi) is 3.91. The van der Waals surface area contributed by atoms with Crippen molar-refractivity contribution in [3.63, 3.8) is 0 Å². The molecule has 0 saturated heterocycles. The van der Waals surface area contributed by atoms with Crippen LogP contribution in [0.15, 0.2) is 12.1 Å². The number of fused-ring (bicyclic) bond motifs is 1. The highest BCUT2D eigenvalue weighted by Crippen LogP contribution is 2.40. The van der Waals surface area contributed by atoms with E-state index in [1.807, 2.05) is 13.0 Å². The molecule has 0 unspecified atom stereocenters. The summed E-state index contributed by atoms with van der Waals surface area (Å²) in [5.41, 5.74) is 4.74. The van der Waals surface area contributed by atoms with Crippen LogP contribution in [-0.2, 0) is 19.6 Å². The Morgan fingerprint density at radius 2 is 2.25 bits per heavy atom. The van der Waals surface area contributed by atoms with Gasteiger partial charge in [-0.25, -0.2) is 0 Å². The van der Waals surface area contributed by atoms with Crippen molar-refractivity contribution in [2.75, 3.05) is 6.54 Å². The number of hydrogen-bond donors (Lipinski definition) is 2. The Morgan fingerprint density at radius 3 is 2.96 bits per heavy atom. The van der Waals surface area contributed by atoms with Crippen LogP contribution >= 0.6 is 0 Å². The van der Waals surface area contributed by atoms with Gasteiger partial charge in [0.15, 0.2) is 0 Å². The van der Waals surface area contributed by atoms with Crippen molar-refractivity contribution >= 4 is 0 Å². The van der Waals surface area contributed by atoms with Crippen molar-refractivity contribution in [3.05, 3.63) is 40.5 Å². The first-order valence-electron chi connectivity index (χ1n) is 8.69. The molecule has 0 radical (unpaired) electrons. The minimum absolute atomic E-state index is 0.401. The molecule has 2 aromatic heterocycles. The zero-order valence-electron chi connectivity index (χ0n) is 14.0. The van der Waals surface area contributed by atoms with Gasteiger partial charge < -0.3 is 10.1 Å². The fourth-order valence-electron chi connectivity index (χ4n) is 3.55. The molecule has 2 N–H and O–H groups in total. The fourth-order valence-corrected chi connectivity index (χ4v) is 3.55. The van der Waals surface area contributed by atoms with E-state index in [-0.39, 0.29) is 0 Å². The average molecular weight is 325 g/mol. The molecule has 126 valence electrons. The number of aliphatic hydroxyl groups is 1. The SMILES string of the molecule is Cc1[nH]c(CN2CCCn3nc([C@H](O)C4CC4)cc3C2)cc1C#N. The third-order valence-electron chi connectivity index (χ3n) is 5.07. The Bertz CT molecular complexity index is 780. The lowest BCUT2D eigenvalue weighted by atomic mass is 10.1. The zero-order chi connectivity index (χ0) is 16.7. The van der Waals surface area contributed by atoms with Gasteiger partial charge in [0.1, 0.15) is 12.2 Å². The maximum absolute atomic E-state index is 10.3. The quantitative estimate of drug-likeness (QED) is 0.903. The van der Waals surface area contributed by atoms with Gasteiger partial charge in [0.2, 0.25) is 0 Å². The van der Waals surface area contributed by atoms with Crippen LogP contribution in [0.2, 0.25) is 0 Å². The van der Waals surface area contributed by atoms with E-state index in [1.165, 1.54) is 5.69 Å². The van der Waals surface area contributed by atoms with Crippen molar-refractivity contribution in [1.29, 1.82) is 5.26 Å². The third-order valence-corrected chi connectivity index (χ3v) is 5.07. The second-order valence-electron chi connectivity index (χ2n) is 7.08. The molecular formula is C18H23N5O. The zero-order valence-corrected chi connectivity index (χ0v) is 14.0. The van der Waals surface area contributed by atoms with Gasteiger partial charge >= 0.3 is 0 Å². The number of aromatic nitrogens is 3. The van der Waals surface area contributed by atoms with E-state index in [4.69, 9.17) is 5.26 Å². The summed E-state index contributed by atoms with van der Waals surface area (Å²) in [6.45, 7) is 5.46. The van der Waals surface area contributed by atoms with Crippen molar-refractivity contribution in [2.45, 2.75) is 51.9 Å². The fraction of sp³-hybridized carbons (Fsp3) is 0.556. The lowest BCUT2D eigenvalue weighted by molar-refractivity contribution is 0.148. The van der Waals surface area contributed by atoms with Gasteiger partial charge in [-0.3, -0.25) is 9.58 Å². The van der Waals surface area contributed by atoms with Gasteiger partial charge in [-0.15, -0.1) is 0 Å². The van der Waals surface area contributed by atoms with E-state index < -0.39 is 6.10 Å². The van der Waals surface area contributed by atoms with Gasteiger partial charge in [0, 0.05) is 37.6 Å². The van der Waals surface area contributed by atoms with Crippen molar-refractivity contribution < 1.29 is 5.11 Å². The van der Waals surface area contributed by atoms with Crippen molar-refractivity contribution in [1.82, 2.24) is 19.7 Å². The number of aryl methyl sites for hydroxylation is 2. The van der Waals surface area contributed by atoms with Gasteiger partial charge in [-0.2, -0.15) is 10.4 Å². The molecule has 0 amide bonds. The number of hydrogen-bond acceptors (Lipinski definition) is 4.